The normalized spacial score (nSPS) is 14.5. The van der Waals surface area contributed by atoms with Crippen molar-refractivity contribution in [1.29, 1.82) is 0 Å². The van der Waals surface area contributed by atoms with E-state index in [4.69, 9.17) is 0 Å². The second-order valence-electron chi connectivity index (χ2n) is 6.55. The van der Waals surface area contributed by atoms with Crippen molar-refractivity contribution in [3.05, 3.63) is 76.5 Å². The fourth-order valence-electron chi connectivity index (χ4n) is 3.25. The van der Waals surface area contributed by atoms with Gasteiger partial charge in [0.05, 0.1) is 5.57 Å². The fourth-order valence-corrected chi connectivity index (χ4v) is 3.25. The molecule has 2 aromatic rings. The van der Waals surface area contributed by atoms with Gasteiger partial charge in [-0.05, 0) is 30.5 Å². The third-order valence-electron chi connectivity index (χ3n) is 4.56. The lowest BCUT2D eigenvalue weighted by atomic mass is 9.97. The minimum Gasteiger partial charge on any atom is -0.365 e. The van der Waals surface area contributed by atoms with Gasteiger partial charge in [-0.15, -0.1) is 0 Å². The minimum absolute atomic E-state index is 0.244. The summed E-state index contributed by atoms with van der Waals surface area (Å²) in [4.78, 5) is 28.5. The van der Waals surface area contributed by atoms with E-state index < -0.39 is 0 Å². The Bertz CT molecular complexity index is 869. The van der Waals surface area contributed by atoms with Gasteiger partial charge in [0, 0.05) is 20.6 Å². The van der Waals surface area contributed by atoms with Crippen LogP contribution < -0.4 is 0 Å². The van der Waals surface area contributed by atoms with E-state index in [1.807, 2.05) is 74.3 Å². The van der Waals surface area contributed by atoms with Gasteiger partial charge in [-0.3, -0.25) is 14.5 Å². The Labute approximate surface area is 148 Å². The first-order valence-electron chi connectivity index (χ1n) is 8.29. The van der Waals surface area contributed by atoms with Gasteiger partial charge in [0.2, 0.25) is 0 Å². The molecule has 4 heteroatoms. The van der Waals surface area contributed by atoms with E-state index in [1.165, 1.54) is 11.9 Å². The number of hydrogen-bond donors (Lipinski definition) is 0. The summed E-state index contributed by atoms with van der Waals surface area (Å²) in [5, 5.41) is 0. The molecule has 2 amide bonds. The second-order valence-corrected chi connectivity index (χ2v) is 6.55. The van der Waals surface area contributed by atoms with Crippen LogP contribution in [-0.2, 0) is 16.1 Å². The van der Waals surface area contributed by atoms with Gasteiger partial charge in [0.1, 0.15) is 5.70 Å². The molecule has 4 nitrogen and oxygen atoms in total. The first-order chi connectivity index (χ1) is 11.9. The van der Waals surface area contributed by atoms with E-state index in [9.17, 15) is 9.59 Å². The molecule has 0 saturated heterocycles. The molecule has 1 heterocycles. The number of aryl methyl sites for hydroxylation is 2. The number of hydrogen-bond acceptors (Lipinski definition) is 3. The monoisotopic (exact) mass is 334 g/mol. The number of rotatable bonds is 4. The van der Waals surface area contributed by atoms with E-state index in [0.29, 0.717) is 17.8 Å². The van der Waals surface area contributed by atoms with Gasteiger partial charge in [-0.25, -0.2) is 0 Å². The maximum Gasteiger partial charge on any atom is 0.277 e. The quantitative estimate of drug-likeness (QED) is 0.807. The van der Waals surface area contributed by atoms with Gasteiger partial charge in [-0.1, -0.05) is 54.1 Å². The summed E-state index contributed by atoms with van der Waals surface area (Å²) >= 11 is 0. The van der Waals surface area contributed by atoms with Gasteiger partial charge < -0.3 is 4.90 Å². The van der Waals surface area contributed by atoms with Crippen molar-refractivity contribution in [3.63, 3.8) is 0 Å². The molecule has 0 spiro atoms. The van der Waals surface area contributed by atoms with Crippen molar-refractivity contribution in [2.75, 3.05) is 14.1 Å². The molecule has 0 saturated carbocycles. The Hall–Kier alpha value is -2.88. The Morgan fingerprint density at radius 2 is 1.64 bits per heavy atom. The zero-order valence-electron chi connectivity index (χ0n) is 15.0. The van der Waals surface area contributed by atoms with E-state index in [-0.39, 0.29) is 11.8 Å². The minimum atomic E-state index is -0.251. The van der Waals surface area contributed by atoms with Gasteiger partial charge in [0.25, 0.3) is 11.8 Å². The number of imide groups is 1. The van der Waals surface area contributed by atoms with Gasteiger partial charge in [-0.2, -0.15) is 0 Å². The summed E-state index contributed by atoms with van der Waals surface area (Å²) in [7, 11) is 3.40. The summed E-state index contributed by atoms with van der Waals surface area (Å²) in [5.41, 5.74) is 4.99. The van der Waals surface area contributed by atoms with Crippen molar-refractivity contribution in [2.45, 2.75) is 20.4 Å². The lowest BCUT2D eigenvalue weighted by Gasteiger charge is -2.21. The first kappa shape index (κ1) is 17.0. The SMILES string of the molecule is Cc1ccc(C2=C(N(C)Cc3ccccc3)C(=O)N(C)C2=O)c(C)c1. The molecule has 0 radical (unpaired) electrons. The summed E-state index contributed by atoms with van der Waals surface area (Å²) in [5.74, 6) is -0.495. The van der Waals surface area contributed by atoms with Crippen LogP contribution in [-0.4, -0.2) is 35.7 Å². The Morgan fingerprint density at radius 3 is 2.28 bits per heavy atom. The van der Waals surface area contributed by atoms with Crippen molar-refractivity contribution >= 4 is 17.4 Å². The molecular weight excluding hydrogens is 312 g/mol. The molecule has 128 valence electrons. The fraction of sp³-hybridized carbons (Fsp3) is 0.238. The number of likely N-dealkylation sites (N-methyl/N-ethyl adjacent to an activating group) is 2. The van der Waals surface area contributed by atoms with Crippen molar-refractivity contribution < 1.29 is 9.59 Å². The molecule has 3 rings (SSSR count). The Kier molecular flexibility index (Phi) is 4.45. The highest BCUT2D eigenvalue weighted by atomic mass is 16.2. The highest BCUT2D eigenvalue weighted by Crippen LogP contribution is 2.32. The molecular formula is C21H22N2O2. The highest BCUT2D eigenvalue weighted by molar-refractivity contribution is 6.35. The predicted molar refractivity (Wildman–Crippen MR) is 98.5 cm³/mol. The molecule has 1 aliphatic heterocycles. The molecule has 0 aromatic heterocycles. The summed E-state index contributed by atoms with van der Waals surface area (Å²) < 4.78 is 0. The van der Waals surface area contributed by atoms with Crippen LogP contribution >= 0.6 is 0 Å². The van der Waals surface area contributed by atoms with Crippen LogP contribution in [0.3, 0.4) is 0 Å². The van der Waals surface area contributed by atoms with E-state index in [1.54, 1.807) is 0 Å². The number of carbonyl (C=O) groups excluding carboxylic acids is 2. The molecule has 0 atom stereocenters. The molecule has 1 aliphatic rings. The summed E-state index contributed by atoms with van der Waals surface area (Å²) in [6.07, 6.45) is 0. The number of benzene rings is 2. The third kappa shape index (κ3) is 3.07. The molecule has 0 N–H and O–H groups in total. The zero-order valence-corrected chi connectivity index (χ0v) is 15.0. The highest BCUT2D eigenvalue weighted by Gasteiger charge is 2.38. The lowest BCUT2D eigenvalue weighted by Crippen LogP contribution is -2.30. The van der Waals surface area contributed by atoms with Crippen LogP contribution in [0.4, 0.5) is 0 Å². The molecule has 0 fully saturated rings. The van der Waals surface area contributed by atoms with Gasteiger partial charge >= 0.3 is 0 Å². The number of amides is 2. The standard InChI is InChI=1S/C21H22N2O2/c1-14-10-11-17(15(2)12-14)18-19(21(25)23(4)20(18)24)22(3)13-16-8-6-5-7-9-16/h5-12H,13H2,1-4H3. The zero-order chi connectivity index (χ0) is 18.1. The third-order valence-corrected chi connectivity index (χ3v) is 4.56. The van der Waals surface area contributed by atoms with Crippen molar-refractivity contribution in [2.24, 2.45) is 0 Å². The van der Waals surface area contributed by atoms with Crippen molar-refractivity contribution in [3.8, 4) is 0 Å². The number of nitrogens with zero attached hydrogens (tertiary/aromatic N) is 2. The predicted octanol–water partition coefficient (Wildman–Crippen LogP) is 3.15. The topological polar surface area (TPSA) is 40.6 Å². The molecule has 0 bridgehead atoms. The van der Waals surface area contributed by atoms with Crippen LogP contribution in [0.15, 0.2) is 54.2 Å². The first-order valence-corrected chi connectivity index (χ1v) is 8.29. The van der Waals surface area contributed by atoms with Crippen LogP contribution in [0.5, 0.6) is 0 Å². The average Bonchev–Trinajstić information content (AvgIpc) is 2.80. The molecule has 2 aromatic carbocycles. The second kappa shape index (κ2) is 6.55. The summed E-state index contributed by atoms with van der Waals surface area (Å²) in [6.45, 7) is 4.55. The van der Waals surface area contributed by atoms with E-state index in [0.717, 1.165) is 22.3 Å². The number of carbonyl (C=O) groups is 2. The Morgan fingerprint density at radius 1 is 0.960 bits per heavy atom. The molecule has 0 aliphatic carbocycles. The molecule has 0 unspecified atom stereocenters. The van der Waals surface area contributed by atoms with Gasteiger partial charge in [0.15, 0.2) is 0 Å². The van der Waals surface area contributed by atoms with E-state index >= 15 is 0 Å². The lowest BCUT2D eigenvalue weighted by molar-refractivity contribution is -0.135. The van der Waals surface area contributed by atoms with Crippen LogP contribution in [0.25, 0.3) is 5.57 Å². The molecule has 25 heavy (non-hydrogen) atoms. The van der Waals surface area contributed by atoms with E-state index in [2.05, 4.69) is 0 Å². The largest absolute Gasteiger partial charge is 0.365 e. The maximum absolute atomic E-state index is 12.7. The smallest absolute Gasteiger partial charge is 0.277 e. The average molecular weight is 334 g/mol. The Balaban J connectivity index is 2.08. The van der Waals surface area contributed by atoms with Crippen LogP contribution in [0, 0.1) is 13.8 Å². The van der Waals surface area contributed by atoms with Crippen LogP contribution in [0.1, 0.15) is 22.3 Å². The van der Waals surface area contributed by atoms with Crippen LogP contribution in [0.2, 0.25) is 0 Å². The van der Waals surface area contributed by atoms with Crippen molar-refractivity contribution in [1.82, 2.24) is 9.80 Å². The maximum atomic E-state index is 12.7. The summed E-state index contributed by atoms with van der Waals surface area (Å²) in [6, 6.07) is 15.9.